The molecule has 140 valence electrons. The van der Waals surface area contributed by atoms with Gasteiger partial charge in [-0.25, -0.2) is 10.2 Å². The zero-order valence-corrected chi connectivity index (χ0v) is 14.9. The molecule has 3 rings (SSSR count). The Kier molecular flexibility index (Phi) is 6.15. The molecule has 0 saturated carbocycles. The van der Waals surface area contributed by atoms with Gasteiger partial charge in [-0.2, -0.15) is 5.10 Å². The largest absolute Gasteiger partial charge is 0.488 e. The molecule has 0 aliphatic carbocycles. The van der Waals surface area contributed by atoms with Crippen LogP contribution < -0.4 is 10.2 Å². The van der Waals surface area contributed by atoms with E-state index in [1.54, 1.807) is 42.5 Å². The highest BCUT2D eigenvalue weighted by molar-refractivity contribution is 5.95. The number of hydrazone groups is 1. The van der Waals surface area contributed by atoms with Gasteiger partial charge in [0.1, 0.15) is 12.4 Å². The Morgan fingerprint density at radius 3 is 2.29 bits per heavy atom. The summed E-state index contributed by atoms with van der Waals surface area (Å²) in [5, 5.41) is 12.9. The van der Waals surface area contributed by atoms with Gasteiger partial charge in [-0.05, 0) is 42.0 Å². The molecule has 0 spiro atoms. The normalized spacial score (nSPS) is 10.6. The van der Waals surface area contributed by atoms with Gasteiger partial charge in [0.2, 0.25) is 0 Å². The quantitative estimate of drug-likeness (QED) is 0.487. The first-order chi connectivity index (χ1) is 13.6. The van der Waals surface area contributed by atoms with E-state index in [1.807, 2.05) is 24.3 Å². The lowest BCUT2D eigenvalue weighted by molar-refractivity contribution is 0.0696. The first-order valence-corrected chi connectivity index (χ1v) is 8.56. The second-order valence-electron chi connectivity index (χ2n) is 5.89. The first kappa shape index (κ1) is 18.8. The molecular formula is C22H18N2O4. The summed E-state index contributed by atoms with van der Waals surface area (Å²) in [5.74, 6) is -0.664. The van der Waals surface area contributed by atoms with Gasteiger partial charge in [0.25, 0.3) is 5.91 Å². The molecular weight excluding hydrogens is 356 g/mol. The molecule has 0 bridgehead atoms. The third kappa shape index (κ3) is 5.04. The van der Waals surface area contributed by atoms with Crippen molar-refractivity contribution in [3.63, 3.8) is 0 Å². The number of aromatic carboxylic acids is 1. The number of carboxylic acids is 1. The van der Waals surface area contributed by atoms with Crippen LogP contribution in [0.15, 0.2) is 84.0 Å². The number of benzene rings is 3. The molecule has 1 amide bonds. The lowest BCUT2D eigenvalue weighted by atomic mass is 10.1. The van der Waals surface area contributed by atoms with E-state index < -0.39 is 5.97 Å². The number of carboxylic acid groups (broad SMARTS) is 1. The van der Waals surface area contributed by atoms with Crippen molar-refractivity contribution in [2.75, 3.05) is 0 Å². The Labute approximate surface area is 162 Å². The number of ether oxygens (including phenoxy) is 1. The highest BCUT2D eigenvalue weighted by Crippen LogP contribution is 2.18. The monoisotopic (exact) mass is 374 g/mol. The van der Waals surface area contributed by atoms with Crippen LogP contribution in [0.3, 0.4) is 0 Å². The highest BCUT2D eigenvalue weighted by Gasteiger charge is 2.05. The summed E-state index contributed by atoms with van der Waals surface area (Å²) in [5.41, 5.74) is 4.78. The van der Waals surface area contributed by atoms with E-state index in [4.69, 9.17) is 9.84 Å². The van der Waals surface area contributed by atoms with Crippen molar-refractivity contribution in [3.8, 4) is 5.75 Å². The summed E-state index contributed by atoms with van der Waals surface area (Å²) in [7, 11) is 0. The second kappa shape index (κ2) is 9.14. The lowest BCUT2D eigenvalue weighted by Crippen LogP contribution is -2.17. The summed E-state index contributed by atoms with van der Waals surface area (Å²) >= 11 is 0. The Bertz CT molecular complexity index is 983. The standard InChI is InChI=1S/C22H18N2O4/c25-21(17-6-2-1-3-7-17)24-23-14-19-8-4-5-9-20(19)28-15-16-10-12-18(13-11-16)22(26)27/h1-14H,15H2,(H,24,25)(H,26,27)/b23-14+. The molecule has 0 unspecified atom stereocenters. The molecule has 0 radical (unpaired) electrons. The van der Waals surface area contributed by atoms with Crippen LogP contribution in [0.4, 0.5) is 0 Å². The topological polar surface area (TPSA) is 88.0 Å². The number of carbonyl (C=O) groups excluding carboxylic acids is 1. The van der Waals surface area contributed by atoms with E-state index in [-0.39, 0.29) is 18.1 Å². The molecule has 0 atom stereocenters. The predicted molar refractivity (Wildman–Crippen MR) is 106 cm³/mol. The molecule has 0 aliphatic rings. The van der Waals surface area contributed by atoms with E-state index in [0.717, 1.165) is 5.56 Å². The van der Waals surface area contributed by atoms with Crippen molar-refractivity contribution in [3.05, 3.63) is 101 Å². The number of nitrogens with zero attached hydrogens (tertiary/aromatic N) is 1. The van der Waals surface area contributed by atoms with Gasteiger partial charge >= 0.3 is 5.97 Å². The molecule has 6 nitrogen and oxygen atoms in total. The zero-order valence-electron chi connectivity index (χ0n) is 14.9. The van der Waals surface area contributed by atoms with Gasteiger partial charge in [-0.1, -0.05) is 42.5 Å². The van der Waals surface area contributed by atoms with Gasteiger partial charge < -0.3 is 9.84 Å². The Hall–Kier alpha value is -3.93. The van der Waals surface area contributed by atoms with E-state index in [0.29, 0.717) is 16.9 Å². The Morgan fingerprint density at radius 2 is 1.57 bits per heavy atom. The van der Waals surface area contributed by atoms with Gasteiger partial charge in [0, 0.05) is 11.1 Å². The van der Waals surface area contributed by atoms with Crippen LogP contribution in [0.1, 0.15) is 31.8 Å². The summed E-state index contributed by atoms with van der Waals surface area (Å²) in [6.07, 6.45) is 1.52. The van der Waals surface area contributed by atoms with E-state index >= 15 is 0 Å². The number of rotatable bonds is 7. The van der Waals surface area contributed by atoms with Crippen LogP contribution in [0.25, 0.3) is 0 Å². The minimum absolute atomic E-state index is 0.227. The molecule has 0 saturated heterocycles. The average molecular weight is 374 g/mol. The molecule has 0 aliphatic heterocycles. The van der Waals surface area contributed by atoms with E-state index in [2.05, 4.69) is 10.5 Å². The van der Waals surface area contributed by atoms with Crippen molar-refractivity contribution in [2.45, 2.75) is 6.61 Å². The Morgan fingerprint density at radius 1 is 0.893 bits per heavy atom. The second-order valence-corrected chi connectivity index (χ2v) is 5.89. The Balaban J connectivity index is 1.62. The summed E-state index contributed by atoms with van der Waals surface area (Å²) in [4.78, 5) is 22.9. The maximum Gasteiger partial charge on any atom is 0.335 e. The first-order valence-electron chi connectivity index (χ1n) is 8.56. The van der Waals surface area contributed by atoms with Crippen molar-refractivity contribution in [1.82, 2.24) is 5.43 Å². The van der Waals surface area contributed by atoms with Crippen LogP contribution in [0.5, 0.6) is 5.75 Å². The zero-order chi connectivity index (χ0) is 19.8. The number of hydrogen-bond donors (Lipinski definition) is 2. The molecule has 0 aromatic heterocycles. The van der Waals surface area contributed by atoms with Crippen LogP contribution in [0.2, 0.25) is 0 Å². The average Bonchev–Trinajstić information content (AvgIpc) is 2.74. The maximum absolute atomic E-state index is 12.0. The summed E-state index contributed by atoms with van der Waals surface area (Å²) in [6.45, 7) is 0.279. The number of para-hydroxylation sites is 1. The molecule has 3 aromatic rings. The molecule has 2 N–H and O–H groups in total. The third-order valence-electron chi connectivity index (χ3n) is 3.92. The minimum atomic E-state index is -0.966. The number of carbonyl (C=O) groups is 2. The van der Waals surface area contributed by atoms with E-state index in [1.165, 1.54) is 18.3 Å². The number of amides is 1. The van der Waals surface area contributed by atoms with Crippen molar-refractivity contribution < 1.29 is 19.4 Å². The van der Waals surface area contributed by atoms with Crippen molar-refractivity contribution >= 4 is 18.1 Å². The fourth-order valence-electron chi connectivity index (χ4n) is 2.44. The van der Waals surface area contributed by atoms with E-state index in [9.17, 15) is 9.59 Å². The van der Waals surface area contributed by atoms with Crippen LogP contribution in [0, 0.1) is 0 Å². The maximum atomic E-state index is 12.0. The van der Waals surface area contributed by atoms with Crippen molar-refractivity contribution in [2.24, 2.45) is 5.10 Å². The SMILES string of the molecule is O=C(O)c1ccc(COc2ccccc2/C=N/NC(=O)c2ccccc2)cc1. The van der Waals surface area contributed by atoms with Gasteiger partial charge in [0.05, 0.1) is 11.8 Å². The lowest BCUT2D eigenvalue weighted by Gasteiger charge is -2.09. The molecule has 3 aromatic carbocycles. The van der Waals surface area contributed by atoms with Gasteiger partial charge in [-0.3, -0.25) is 4.79 Å². The molecule has 6 heteroatoms. The summed E-state index contributed by atoms with van der Waals surface area (Å²) in [6, 6.07) is 22.6. The molecule has 0 heterocycles. The number of nitrogens with one attached hydrogen (secondary N) is 1. The molecule has 0 fully saturated rings. The highest BCUT2D eigenvalue weighted by atomic mass is 16.5. The van der Waals surface area contributed by atoms with Crippen molar-refractivity contribution in [1.29, 1.82) is 0 Å². The van der Waals surface area contributed by atoms with Crippen LogP contribution in [-0.2, 0) is 6.61 Å². The van der Waals surface area contributed by atoms with Crippen LogP contribution in [-0.4, -0.2) is 23.2 Å². The van der Waals surface area contributed by atoms with Crippen LogP contribution >= 0.6 is 0 Å². The predicted octanol–water partition coefficient (Wildman–Crippen LogP) is 3.73. The third-order valence-corrected chi connectivity index (χ3v) is 3.92. The van der Waals surface area contributed by atoms with Gasteiger partial charge in [-0.15, -0.1) is 0 Å². The smallest absolute Gasteiger partial charge is 0.335 e. The fourth-order valence-corrected chi connectivity index (χ4v) is 2.44. The summed E-state index contributed by atoms with van der Waals surface area (Å²) < 4.78 is 5.81. The van der Waals surface area contributed by atoms with Gasteiger partial charge in [0.15, 0.2) is 0 Å². The minimum Gasteiger partial charge on any atom is -0.488 e. The fraction of sp³-hybridized carbons (Fsp3) is 0.0455. The molecule has 28 heavy (non-hydrogen) atoms. The number of hydrogen-bond acceptors (Lipinski definition) is 4.